The summed E-state index contributed by atoms with van der Waals surface area (Å²) in [7, 11) is 5.54. The minimum absolute atomic E-state index is 0.0140. The van der Waals surface area contributed by atoms with Crippen LogP contribution in [0.1, 0.15) is 28.9 Å². The van der Waals surface area contributed by atoms with Crippen molar-refractivity contribution in [2.75, 3.05) is 39.7 Å². The van der Waals surface area contributed by atoms with E-state index in [1.165, 1.54) is 0 Å². The zero-order valence-corrected chi connectivity index (χ0v) is 16.7. The molecule has 1 atom stereocenters. The molecule has 0 aliphatic rings. The molecule has 7 nitrogen and oxygen atoms in total. The predicted molar refractivity (Wildman–Crippen MR) is 109 cm³/mol. The summed E-state index contributed by atoms with van der Waals surface area (Å²) < 4.78 is 10.1. The van der Waals surface area contributed by atoms with Gasteiger partial charge in [0.25, 0.3) is 5.91 Å². The molecule has 0 spiro atoms. The molecule has 7 heteroatoms. The van der Waals surface area contributed by atoms with E-state index >= 15 is 0 Å². The first-order valence-corrected chi connectivity index (χ1v) is 9.07. The van der Waals surface area contributed by atoms with E-state index in [0.717, 1.165) is 11.3 Å². The van der Waals surface area contributed by atoms with Crippen molar-refractivity contribution in [3.8, 4) is 5.75 Å². The van der Waals surface area contributed by atoms with Gasteiger partial charge in [-0.1, -0.05) is 18.2 Å². The minimum atomic E-state index is -0.550. The molecule has 150 valence electrons. The van der Waals surface area contributed by atoms with Gasteiger partial charge in [0.05, 0.1) is 19.8 Å². The van der Waals surface area contributed by atoms with Crippen LogP contribution in [-0.2, 0) is 4.74 Å². The number of anilines is 1. The molecule has 0 aliphatic carbocycles. The third-order valence-corrected chi connectivity index (χ3v) is 4.20. The average molecular weight is 385 g/mol. The fourth-order valence-electron chi connectivity index (χ4n) is 2.76. The summed E-state index contributed by atoms with van der Waals surface area (Å²) in [5.41, 5.74) is 2.00. The summed E-state index contributed by atoms with van der Waals surface area (Å²) in [6.45, 7) is 2.43. The number of nitrogens with one attached hydrogen (secondary N) is 2. The Morgan fingerprint density at radius 2 is 1.86 bits per heavy atom. The van der Waals surface area contributed by atoms with Gasteiger partial charge in [0.2, 0.25) is 0 Å². The van der Waals surface area contributed by atoms with Crippen molar-refractivity contribution in [1.82, 2.24) is 10.2 Å². The minimum Gasteiger partial charge on any atom is -0.497 e. The van der Waals surface area contributed by atoms with E-state index in [4.69, 9.17) is 9.47 Å². The van der Waals surface area contributed by atoms with Crippen LogP contribution in [0.3, 0.4) is 0 Å². The molecule has 0 fully saturated rings. The summed E-state index contributed by atoms with van der Waals surface area (Å²) in [5, 5.41) is 5.55. The number of rotatable bonds is 8. The van der Waals surface area contributed by atoms with Crippen molar-refractivity contribution in [2.45, 2.75) is 13.0 Å². The molecule has 2 N–H and O–H groups in total. The number of hydrogen-bond acceptors (Lipinski definition) is 5. The fourth-order valence-corrected chi connectivity index (χ4v) is 2.76. The van der Waals surface area contributed by atoms with Crippen LogP contribution in [0, 0.1) is 0 Å². The number of amides is 2. The van der Waals surface area contributed by atoms with Gasteiger partial charge in [0.15, 0.2) is 0 Å². The van der Waals surface area contributed by atoms with Gasteiger partial charge >= 0.3 is 6.09 Å². The van der Waals surface area contributed by atoms with Crippen molar-refractivity contribution >= 4 is 17.7 Å². The molecule has 2 aromatic carbocycles. The lowest BCUT2D eigenvalue weighted by molar-refractivity contribution is 0.0941. The maximum atomic E-state index is 12.6. The Hall–Kier alpha value is -3.06. The highest BCUT2D eigenvalue weighted by molar-refractivity contribution is 5.96. The number of nitrogens with zero attached hydrogens (tertiary/aromatic N) is 1. The van der Waals surface area contributed by atoms with Crippen LogP contribution in [0.4, 0.5) is 10.5 Å². The van der Waals surface area contributed by atoms with Gasteiger partial charge < -0.3 is 19.7 Å². The first-order chi connectivity index (χ1) is 13.4. The monoisotopic (exact) mass is 385 g/mol. The Balaban J connectivity index is 2.05. The van der Waals surface area contributed by atoms with Gasteiger partial charge in [0, 0.05) is 17.8 Å². The van der Waals surface area contributed by atoms with Crippen molar-refractivity contribution < 1.29 is 19.1 Å². The lowest BCUT2D eigenvalue weighted by Crippen LogP contribution is -2.34. The third kappa shape index (κ3) is 5.99. The summed E-state index contributed by atoms with van der Waals surface area (Å²) in [4.78, 5) is 26.2. The Bertz CT molecular complexity index is 808. The SMILES string of the molecule is CCOC(=O)Nc1cccc(C(=O)NC[C@H](c2cccc(OC)c2)N(C)C)c1. The van der Waals surface area contributed by atoms with Crippen LogP contribution in [-0.4, -0.2) is 51.3 Å². The molecule has 0 heterocycles. The number of benzene rings is 2. The second-order valence-corrected chi connectivity index (χ2v) is 6.39. The zero-order chi connectivity index (χ0) is 20.5. The van der Waals surface area contributed by atoms with E-state index in [2.05, 4.69) is 10.6 Å². The highest BCUT2D eigenvalue weighted by Gasteiger charge is 2.17. The Kier molecular flexibility index (Phi) is 7.83. The van der Waals surface area contributed by atoms with Crippen molar-refractivity contribution in [2.24, 2.45) is 0 Å². The molecule has 0 saturated heterocycles. The topological polar surface area (TPSA) is 79.9 Å². The number of likely N-dealkylation sites (N-methyl/N-ethyl adjacent to an activating group) is 1. The molecule has 0 aromatic heterocycles. The fraction of sp³-hybridized carbons (Fsp3) is 0.333. The average Bonchev–Trinajstić information content (AvgIpc) is 2.68. The second kappa shape index (κ2) is 10.3. The van der Waals surface area contributed by atoms with Crippen LogP contribution in [0.15, 0.2) is 48.5 Å². The highest BCUT2D eigenvalue weighted by atomic mass is 16.5. The molecule has 2 aromatic rings. The third-order valence-electron chi connectivity index (χ3n) is 4.20. The lowest BCUT2D eigenvalue weighted by Gasteiger charge is -2.25. The van der Waals surface area contributed by atoms with Crippen LogP contribution >= 0.6 is 0 Å². The van der Waals surface area contributed by atoms with Crippen molar-refractivity contribution in [3.05, 3.63) is 59.7 Å². The lowest BCUT2D eigenvalue weighted by atomic mass is 10.1. The summed E-state index contributed by atoms with van der Waals surface area (Å²) in [6.07, 6.45) is -0.550. The first kappa shape index (κ1) is 21.2. The first-order valence-electron chi connectivity index (χ1n) is 9.07. The highest BCUT2D eigenvalue weighted by Crippen LogP contribution is 2.22. The zero-order valence-electron chi connectivity index (χ0n) is 16.7. The second-order valence-electron chi connectivity index (χ2n) is 6.39. The van der Waals surface area contributed by atoms with Crippen molar-refractivity contribution in [1.29, 1.82) is 0 Å². The van der Waals surface area contributed by atoms with Gasteiger partial charge in [-0.25, -0.2) is 4.79 Å². The van der Waals surface area contributed by atoms with Crippen LogP contribution in [0.5, 0.6) is 5.75 Å². The quantitative estimate of drug-likeness (QED) is 0.729. The maximum Gasteiger partial charge on any atom is 0.411 e. The number of ether oxygens (including phenoxy) is 2. The molecular weight excluding hydrogens is 358 g/mol. The Morgan fingerprint density at radius 3 is 2.54 bits per heavy atom. The van der Waals surface area contributed by atoms with Crippen LogP contribution < -0.4 is 15.4 Å². The van der Waals surface area contributed by atoms with E-state index < -0.39 is 6.09 Å². The van der Waals surface area contributed by atoms with E-state index in [0.29, 0.717) is 17.8 Å². The van der Waals surface area contributed by atoms with Crippen LogP contribution in [0.25, 0.3) is 0 Å². The van der Waals surface area contributed by atoms with Crippen molar-refractivity contribution in [3.63, 3.8) is 0 Å². The molecule has 0 unspecified atom stereocenters. The summed E-state index contributed by atoms with van der Waals surface area (Å²) >= 11 is 0. The van der Waals surface area contributed by atoms with Gasteiger partial charge in [-0.2, -0.15) is 0 Å². The Labute approximate surface area is 165 Å². The molecular formula is C21H27N3O4. The molecule has 0 saturated carbocycles. The molecule has 0 radical (unpaired) electrons. The van der Waals surface area contributed by atoms with E-state index in [1.807, 2.05) is 43.3 Å². The summed E-state index contributed by atoms with van der Waals surface area (Å²) in [6, 6.07) is 14.5. The smallest absolute Gasteiger partial charge is 0.411 e. The normalized spacial score (nSPS) is 11.6. The number of hydrogen-bond donors (Lipinski definition) is 2. The largest absolute Gasteiger partial charge is 0.497 e. The maximum absolute atomic E-state index is 12.6. The van der Waals surface area contributed by atoms with Gasteiger partial charge in [-0.05, 0) is 56.9 Å². The molecule has 2 rings (SSSR count). The number of carbonyl (C=O) groups excluding carboxylic acids is 2. The number of methoxy groups -OCH3 is 1. The Morgan fingerprint density at radius 1 is 1.11 bits per heavy atom. The van der Waals surface area contributed by atoms with Gasteiger partial charge in [-0.3, -0.25) is 10.1 Å². The van der Waals surface area contributed by atoms with Crippen LogP contribution in [0.2, 0.25) is 0 Å². The number of carbonyl (C=O) groups is 2. The van der Waals surface area contributed by atoms with Gasteiger partial charge in [0.1, 0.15) is 5.75 Å². The van der Waals surface area contributed by atoms with Gasteiger partial charge in [-0.15, -0.1) is 0 Å². The summed E-state index contributed by atoms with van der Waals surface area (Å²) in [5.74, 6) is 0.552. The molecule has 2 amide bonds. The molecule has 0 aliphatic heterocycles. The molecule has 28 heavy (non-hydrogen) atoms. The molecule has 0 bridgehead atoms. The van der Waals surface area contributed by atoms with E-state index in [9.17, 15) is 9.59 Å². The van der Waals surface area contributed by atoms with E-state index in [-0.39, 0.29) is 18.6 Å². The standard InChI is InChI=1S/C21H27N3O4/c1-5-28-21(26)23-17-10-6-9-16(12-17)20(25)22-14-19(24(2)3)15-8-7-11-18(13-15)27-4/h6-13,19H,5,14H2,1-4H3,(H,22,25)(H,23,26)/t19-/m1/s1. The predicted octanol–water partition coefficient (Wildman–Crippen LogP) is 3.30. The van der Waals surface area contributed by atoms with E-state index in [1.54, 1.807) is 38.3 Å².